The topological polar surface area (TPSA) is 101 Å². The van der Waals surface area contributed by atoms with E-state index in [-0.39, 0.29) is 23.8 Å². The van der Waals surface area contributed by atoms with E-state index >= 15 is 0 Å². The van der Waals surface area contributed by atoms with Crippen molar-refractivity contribution >= 4 is 28.4 Å². The molecule has 2 aromatic heterocycles. The van der Waals surface area contributed by atoms with E-state index < -0.39 is 0 Å². The zero-order chi connectivity index (χ0) is 24.5. The summed E-state index contributed by atoms with van der Waals surface area (Å²) in [7, 11) is 0. The standard InChI is InChI=1S/C28H28N6O2/c35-27-22-8-2-1-7-21(22)25(31-32-27)19-11-13-20(14-12-19)30-28(36)26-23-9-3-4-10-24(23)34(33-26)17-18-6-5-15-29-16-18/h3-6,9-16,21-22,25,31H,1-2,7-8,17H2,(H,30,36)(H,32,35). The highest BCUT2D eigenvalue weighted by Crippen LogP contribution is 2.40. The summed E-state index contributed by atoms with van der Waals surface area (Å²) in [5, 5.41) is 8.46. The van der Waals surface area contributed by atoms with Crippen LogP contribution in [-0.2, 0) is 11.3 Å². The maximum absolute atomic E-state index is 13.2. The third kappa shape index (κ3) is 4.24. The van der Waals surface area contributed by atoms with Crippen LogP contribution in [0.25, 0.3) is 10.9 Å². The molecule has 1 aliphatic heterocycles. The molecule has 1 saturated carbocycles. The van der Waals surface area contributed by atoms with E-state index in [2.05, 4.69) is 26.3 Å². The fourth-order valence-electron chi connectivity index (χ4n) is 5.61. The van der Waals surface area contributed by atoms with Crippen molar-refractivity contribution in [1.82, 2.24) is 25.6 Å². The maximum atomic E-state index is 13.2. The van der Waals surface area contributed by atoms with Gasteiger partial charge in [-0.05, 0) is 54.2 Å². The zero-order valence-electron chi connectivity index (χ0n) is 19.9. The van der Waals surface area contributed by atoms with Gasteiger partial charge in [0, 0.05) is 29.4 Å². The average molecular weight is 481 g/mol. The quantitative estimate of drug-likeness (QED) is 0.397. The van der Waals surface area contributed by atoms with Crippen molar-refractivity contribution in [3.63, 3.8) is 0 Å². The lowest BCUT2D eigenvalue weighted by atomic mass is 9.72. The summed E-state index contributed by atoms with van der Waals surface area (Å²) in [4.78, 5) is 29.7. The summed E-state index contributed by atoms with van der Waals surface area (Å²) in [5.41, 5.74) is 10.2. The molecule has 2 fully saturated rings. The van der Waals surface area contributed by atoms with Crippen LogP contribution in [0.5, 0.6) is 0 Å². The lowest BCUT2D eigenvalue weighted by molar-refractivity contribution is -0.133. The number of carbonyl (C=O) groups excluding carboxylic acids is 2. The first kappa shape index (κ1) is 22.4. The SMILES string of the molecule is O=C(Nc1ccc(C2NNC(=O)C3CCCCC32)cc1)c1nn(Cc2cccnc2)c2ccccc12. The van der Waals surface area contributed by atoms with E-state index in [1.54, 1.807) is 12.4 Å². The number of para-hydroxylation sites is 1. The first-order chi connectivity index (χ1) is 17.7. The zero-order valence-corrected chi connectivity index (χ0v) is 19.9. The smallest absolute Gasteiger partial charge is 0.276 e. The molecule has 3 unspecified atom stereocenters. The highest BCUT2D eigenvalue weighted by atomic mass is 16.2. The summed E-state index contributed by atoms with van der Waals surface area (Å²) in [6.45, 7) is 0.531. The molecule has 1 saturated heterocycles. The van der Waals surface area contributed by atoms with Gasteiger partial charge in [0.2, 0.25) is 5.91 Å². The first-order valence-electron chi connectivity index (χ1n) is 12.5. The number of aromatic nitrogens is 3. The lowest BCUT2D eigenvalue weighted by Gasteiger charge is -2.41. The van der Waals surface area contributed by atoms with Crippen molar-refractivity contribution in [2.75, 3.05) is 5.32 Å². The van der Waals surface area contributed by atoms with Crippen LogP contribution in [-0.4, -0.2) is 26.6 Å². The second-order valence-corrected chi connectivity index (χ2v) is 9.63. The Balaban J connectivity index is 1.21. The van der Waals surface area contributed by atoms with Crippen molar-refractivity contribution in [2.24, 2.45) is 11.8 Å². The van der Waals surface area contributed by atoms with Crippen LogP contribution in [0.4, 0.5) is 5.69 Å². The molecule has 6 rings (SSSR count). The van der Waals surface area contributed by atoms with Crippen LogP contribution in [0.2, 0.25) is 0 Å². The summed E-state index contributed by atoms with van der Waals surface area (Å²) < 4.78 is 1.84. The number of rotatable bonds is 5. The van der Waals surface area contributed by atoms with Gasteiger partial charge in [0.25, 0.3) is 5.91 Å². The van der Waals surface area contributed by atoms with Gasteiger partial charge in [0.05, 0.1) is 18.1 Å². The summed E-state index contributed by atoms with van der Waals surface area (Å²) in [6.07, 6.45) is 7.80. The Bertz CT molecular complexity index is 1400. The third-order valence-corrected chi connectivity index (χ3v) is 7.39. The average Bonchev–Trinajstić information content (AvgIpc) is 3.29. The minimum atomic E-state index is -0.251. The highest BCUT2D eigenvalue weighted by molar-refractivity contribution is 6.11. The molecule has 0 radical (unpaired) electrons. The predicted octanol–water partition coefficient (Wildman–Crippen LogP) is 4.21. The van der Waals surface area contributed by atoms with Gasteiger partial charge in [-0.2, -0.15) is 5.10 Å². The van der Waals surface area contributed by atoms with E-state index in [0.717, 1.165) is 47.7 Å². The Labute approximate surface area is 209 Å². The van der Waals surface area contributed by atoms with Crippen LogP contribution >= 0.6 is 0 Å². The normalized spacial score (nSPS) is 21.6. The fraction of sp³-hybridized carbons (Fsp3) is 0.286. The van der Waals surface area contributed by atoms with Gasteiger partial charge in [-0.25, -0.2) is 5.43 Å². The van der Waals surface area contributed by atoms with Crippen molar-refractivity contribution < 1.29 is 9.59 Å². The van der Waals surface area contributed by atoms with Gasteiger partial charge in [-0.1, -0.05) is 49.2 Å². The summed E-state index contributed by atoms with van der Waals surface area (Å²) >= 11 is 0. The second kappa shape index (κ2) is 9.54. The lowest BCUT2D eigenvalue weighted by Crippen LogP contribution is -2.55. The molecule has 8 heteroatoms. The van der Waals surface area contributed by atoms with E-state index in [4.69, 9.17) is 0 Å². The van der Waals surface area contributed by atoms with Crippen LogP contribution in [0.15, 0.2) is 73.1 Å². The Morgan fingerprint density at radius 2 is 1.86 bits per heavy atom. The monoisotopic (exact) mass is 480 g/mol. The van der Waals surface area contributed by atoms with Crippen LogP contribution in [0, 0.1) is 11.8 Å². The Morgan fingerprint density at radius 1 is 1.03 bits per heavy atom. The van der Waals surface area contributed by atoms with E-state index in [1.807, 2.05) is 65.3 Å². The van der Waals surface area contributed by atoms with Crippen molar-refractivity contribution in [2.45, 2.75) is 38.3 Å². The largest absolute Gasteiger partial charge is 0.321 e. The number of fused-ring (bicyclic) bond motifs is 2. The van der Waals surface area contributed by atoms with E-state index in [0.29, 0.717) is 23.8 Å². The molecule has 36 heavy (non-hydrogen) atoms. The van der Waals surface area contributed by atoms with E-state index in [1.165, 1.54) is 0 Å². The van der Waals surface area contributed by atoms with Crippen LogP contribution in [0.1, 0.15) is 53.3 Å². The van der Waals surface area contributed by atoms with Crippen LogP contribution < -0.4 is 16.2 Å². The summed E-state index contributed by atoms with van der Waals surface area (Å²) in [6, 6.07) is 19.6. The first-order valence-corrected chi connectivity index (χ1v) is 12.5. The number of hydrogen-bond acceptors (Lipinski definition) is 5. The molecule has 3 atom stereocenters. The van der Waals surface area contributed by atoms with Crippen LogP contribution in [0.3, 0.4) is 0 Å². The number of hydrazine groups is 1. The number of anilines is 1. The Morgan fingerprint density at radius 3 is 2.69 bits per heavy atom. The highest BCUT2D eigenvalue weighted by Gasteiger charge is 2.40. The molecule has 0 spiro atoms. The van der Waals surface area contributed by atoms with Gasteiger partial charge < -0.3 is 5.32 Å². The summed E-state index contributed by atoms with van der Waals surface area (Å²) in [5.74, 6) is 0.219. The molecule has 2 aromatic carbocycles. The second-order valence-electron chi connectivity index (χ2n) is 9.63. The van der Waals surface area contributed by atoms with E-state index in [9.17, 15) is 9.59 Å². The van der Waals surface area contributed by atoms with Gasteiger partial charge in [0.1, 0.15) is 0 Å². The minimum Gasteiger partial charge on any atom is -0.321 e. The molecule has 2 amide bonds. The van der Waals surface area contributed by atoms with Gasteiger partial charge in [-0.3, -0.25) is 24.7 Å². The number of benzene rings is 2. The van der Waals surface area contributed by atoms with Crippen molar-refractivity contribution in [1.29, 1.82) is 0 Å². The molecule has 3 N–H and O–H groups in total. The molecule has 8 nitrogen and oxygen atoms in total. The molecular formula is C28H28N6O2. The molecule has 182 valence electrons. The minimum absolute atomic E-state index is 0.0689. The number of nitrogens with one attached hydrogen (secondary N) is 3. The molecular weight excluding hydrogens is 452 g/mol. The Kier molecular flexibility index (Phi) is 5.95. The van der Waals surface area contributed by atoms with Gasteiger partial charge >= 0.3 is 0 Å². The van der Waals surface area contributed by atoms with Gasteiger partial charge in [0.15, 0.2) is 5.69 Å². The number of carbonyl (C=O) groups is 2. The van der Waals surface area contributed by atoms with Gasteiger partial charge in [-0.15, -0.1) is 0 Å². The molecule has 1 aliphatic carbocycles. The molecule has 4 aromatic rings. The molecule has 3 heterocycles. The van der Waals surface area contributed by atoms with Crippen molar-refractivity contribution in [3.8, 4) is 0 Å². The number of nitrogens with zero attached hydrogens (tertiary/aromatic N) is 3. The number of pyridine rings is 1. The third-order valence-electron chi connectivity index (χ3n) is 7.39. The molecule has 0 bridgehead atoms. The predicted molar refractivity (Wildman–Crippen MR) is 137 cm³/mol. The maximum Gasteiger partial charge on any atom is 0.276 e. The fourth-order valence-corrected chi connectivity index (χ4v) is 5.61. The number of hydrogen-bond donors (Lipinski definition) is 3. The Hall–Kier alpha value is -4.04. The number of amides is 2. The molecule has 2 aliphatic rings. The van der Waals surface area contributed by atoms with Crippen molar-refractivity contribution in [3.05, 3.63) is 89.9 Å².